The highest BCUT2D eigenvalue weighted by atomic mass is 16.5. The average Bonchev–Trinajstić information content (AvgIpc) is 3.09. The van der Waals surface area contributed by atoms with E-state index in [-0.39, 0.29) is 29.9 Å². The number of nitrogens with zero attached hydrogens (tertiary/aromatic N) is 6. The lowest BCUT2D eigenvalue weighted by atomic mass is 9.81. The van der Waals surface area contributed by atoms with Crippen molar-refractivity contribution in [1.29, 1.82) is 0 Å². The van der Waals surface area contributed by atoms with Crippen molar-refractivity contribution in [2.45, 2.75) is 24.5 Å². The van der Waals surface area contributed by atoms with Crippen LogP contribution in [0.5, 0.6) is 17.8 Å². The van der Waals surface area contributed by atoms with Crippen LogP contribution in [0.3, 0.4) is 0 Å². The molecule has 0 aliphatic carbocycles. The molecule has 2 aliphatic heterocycles. The number of pyridine rings is 1. The van der Waals surface area contributed by atoms with Crippen molar-refractivity contribution in [3.05, 3.63) is 107 Å². The molecule has 228 valence electrons. The van der Waals surface area contributed by atoms with Crippen LogP contribution in [0.15, 0.2) is 85.2 Å². The summed E-state index contributed by atoms with van der Waals surface area (Å²) in [7, 11) is 4.71. The Labute approximate surface area is 258 Å². The SMILES string of the molecule is COc1nc(OC)c(CN2CC(C(c3ccccc3)c3ccccc3)N3CCN(C(=O)c4cccnc4)C[C@H]3C2)c(OC)n1. The van der Waals surface area contributed by atoms with Crippen LogP contribution in [0.4, 0.5) is 0 Å². The lowest BCUT2D eigenvalue weighted by Gasteiger charge is -2.53. The Morgan fingerprint density at radius 1 is 0.818 bits per heavy atom. The Hall–Kier alpha value is -4.54. The van der Waals surface area contributed by atoms with E-state index >= 15 is 0 Å². The van der Waals surface area contributed by atoms with Crippen LogP contribution in [0, 0.1) is 0 Å². The van der Waals surface area contributed by atoms with E-state index in [0.29, 0.717) is 37.0 Å². The zero-order chi connectivity index (χ0) is 30.5. The van der Waals surface area contributed by atoms with Gasteiger partial charge >= 0.3 is 6.01 Å². The second kappa shape index (κ2) is 13.4. The van der Waals surface area contributed by atoms with Crippen LogP contribution in [-0.4, -0.2) is 102 Å². The number of hydrogen-bond acceptors (Lipinski definition) is 9. The van der Waals surface area contributed by atoms with Gasteiger partial charge in [0.1, 0.15) is 0 Å². The summed E-state index contributed by atoms with van der Waals surface area (Å²) in [5.74, 6) is 0.986. The highest BCUT2D eigenvalue weighted by molar-refractivity contribution is 5.94. The van der Waals surface area contributed by atoms with Gasteiger partial charge in [0.15, 0.2) is 0 Å². The number of hydrogen-bond donors (Lipinski definition) is 0. The first-order chi connectivity index (χ1) is 21.6. The van der Waals surface area contributed by atoms with Gasteiger partial charge in [0.05, 0.1) is 32.5 Å². The van der Waals surface area contributed by atoms with Crippen LogP contribution in [0.2, 0.25) is 0 Å². The summed E-state index contributed by atoms with van der Waals surface area (Å²) >= 11 is 0. The third-order valence-electron chi connectivity index (χ3n) is 8.63. The van der Waals surface area contributed by atoms with Crippen molar-refractivity contribution in [2.75, 3.05) is 54.1 Å². The summed E-state index contributed by atoms with van der Waals surface area (Å²) in [4.78, 5) is 33.6. The topological polar surface area (TPSA) is 93.2 Å². The van der Waals surface area contributed by atoms with E-state index in [1.54, 1.807) is 26.6 Å². The molecule has 0 N–H and O–H groups in total. The van der Waals surface area contributed by atoms with Gasteiger partial charge in [-0.2, -0.15) is 9.97 Å². The number of amides is 1. The number of benzene rings is 2. The van der Waals surface area contributed by atoms with Gasteiger partial charge in [-0.1, -0.05) is 60.7 Å². The van der Waals surface area contributed by atoms with E-state index in [0.717, 1.165) is 25.2 Å². The molecule has 10 nitrogen and oxygen atoms in total. The number of aromatic nitrogens is 3. The van der Waals surface area contributed by atoms with Gasteiger partial charge in [0, 0.05) is 69.7 Å². The molecule has 0 bridgehead atoms. The Morgan fingerprint density at radius 2 is 1.48 bits per heavy atom. The van der Waals surface area contributed by atoms with E-state index in [4.69, 9.17) is 14.2 Å². The molecule has 2 atom stereocenters. The maximum Gasteiger partial charge on any atom is 0.322 e. The first-order valence-electron chi connectivity index (χ1n) is 14.9. The van der Waals surface area contributed by atoms with Crippen molar-refractivity contribution >= 4 is 5.91 Å². The van der Waals surface area contributed by atoms with E-state index in [1.165, 1.54) is 18.2 Å². The molecule has 0 saturated carbocycles. The van der Waals surface area contributed by atoms with E-state index in [2.05, 4.69) is 85.4 Å². The first-order valence-corrected chi connectivity index (χ1v) is 14.9. The Balaban J connectivity index is 1.37. The second-order valence-electron chi connectivity index (χ2n) is 11.2. The molecule has 2 aliphatic rings. The van der Waals surface area contributed by atoms with E-state index < -0.39 is 0 Å². The summed E-state index contributed by atoms with van der Waals surface area (Å²) in [5.41, 5.74) is 3.90. The molecule has 2 fully saturated rings. The standard InChI is InChI=1S/C34H38N6O4/c1-42-31-28(32(43-2)37-34(36-31)44-3)22-38-20-27-21-39(33(41)26-15-10-16-35-19-26)17-18-40(27)29(23-38)30(24-11-6-4-7-12-24)25-13-8-5-9-14-25/h4-16,19,27,29-30H,17-18,20-23H2,1-3H3/t27-,29?/m1/s1. The van der Waals surface area contributed by atoms with Crippen molar-refractivity contribution in [2.24, 2.45) is 0 Å². The Kier molecular flexibility index (Phi) is 8.99. The number of fused-ring (bicyclic) bond motifs is 1. The van der Waals surface area contributed by atoms with Crippen LogP contribution >= 0.6 is 0 Å². The third kappa shape index (κ3) is 6.09. The van der Waals surface area contributed by atoms with E-state index in [1.807, 2.05) is 17.0 Å². The number of ether oxygens (including phenoxy) is 3. The predicted molar refractivity (Wildman–Crippen MR) is 166 cm³/mol. The molecule has 4 heterocycles. The summed E-state index contributed by atoms with van der Waals surface area (Å²) < 4.78 is 16.7. The summed E-state index contributed by atoms with van der Waals surface area (Å²) in [6.07, 6.45) is 3.34. The maximum atomic E-state index is 13.5. The number of carbonyl (C=O) groups is 1. The number of carbonyl (C=O) groups excluding carboxylic acids is 1. The van der Waals surface area contributed by atoms with Crippen molar-refractivity contribution in [3.63, 3.8) is 0 Å². The first kappa shape index (κ1) is 29.5. The Morgan fingerprint density at radius 3 is 2.05 bits per heavy atom. The van der Waals surface area contributed by atoms with Crippen LogP contribution in [-0.2, 0) is 6.54 Å². The molecule has 0 radical (unpaired) electrons. The van der Waals surface area contributed by atoms with Gasteiger partial charge in [-0.15, -0.1) is 0 Å². The summed E-state index contributed by atoms with van der Waals surface area (Å²) in [5, 5.41) is 0. The molecule has 0 spiro atoms. The van der Waals surface area contributed by atoms with Crippen LogP contribution in [0.1, 0.15) is 33.0 Å². The van der Waals surface area contributed by atoms with Crippen molar-refractivity contribution in [3.8, 4) is 17.8 Å². The fourth-order valence-electron chi connectivity index (χ4n) is 6.66. The van der Waals surface area contributed by atoms with Crippen LogP contribution < -0.4 is 14.2 Å². The molecular weight excluding hydrogens is 556 g/mol. The second-order valence-corrected chi connectivity index (χ2v) is 11.2. The monoisotopic (exact) mass is 594 g/mol. The molecule has 10 heteroatoms. The molecule has 1 amide bonds. The Bertz CT molecular complexity index is 1480. The minimum Gasteiger partial charge on any atom is -0.481 e. The minimum absolute atomic E-state index is 0.0148. The largest absolute Gasteiger partial charge is 0.481 e. The van der Waals surface area contributed by atoms with Crippen molar-refractivity contribution in [1.82, 2.24) is 29.7 Å². The molecule has 2 aromatic carbocycles. The molecule has 1 unspecified atom stereocenters. The fraction of sp³-hybridized carbons (Fsp3) is 0.353. The number of rotatable bonds is 9. The lowest BCUT2D eigenvalue weighted by Crippen LogP contribution is -2.67. The van der Waals surface area contributed by atoms with Gasteiger partial charge < -0.3 is 19.1 Å². The predicted octanol–water partition coefficient (Wildman–Crippen LogP) is 3.74. The number of piperazine rings is 2. The molecular formula is C34H38N6O4. The molecule has 2 saturated heterocycles. The summed E-state index contributed by atoms with van der Waals surface area (Å²) in [6.45, 7) is 4.12. The molecule has 6 rings (SSSR count). The van der Waals surface area contributed by atoms with Gasteiger partial charge in [-0.3, -0.25) is 19.6 Å². The normalized spacial score (nSPS) is 19.0. The van der Waals surface area contributed by atoms with Crippen molar-refractivity contribution < 1.29 is 19.0 Å². The van der Waals surface area contributed by atoms with Gasteiger partial charge in [0.2, 0.25) is 11.8 Å². The lowest BCUT2D eigenvalue weighted by molar-refractivity contribution is -0.0292. The van der Waals surface area contributed by atoms with Gasteiger partial charge in [-0.05, 0) is 23.3 Å². The fourth-order valence-corrected chi connectivity index (χ4v) is 6.66. The average molecular weight is 595 g/mol. The molecule has 4 aromatic rings. The smallest absolute Gasteiger partial charge is 0.322 e. The molecule has 44 heavy (non-hydrogen) atoms. The highest BCUT2D eigenvalue weighted by Crippen LogP contribution is 2.37. The summed E-state index contributed by atoms with van der Waals surface area (Å²) in [6, 6.07) is 25.5. The quantitative estimate of drug-likeness (QED) is 0.287. The number of methoxy groups -OCH3 is 3. The molecule has 2 aromatic heterocycles. The minimum atomic E-state index is 0.0148. The van der Waals surface area contributed by atoms with Gasteiger partial charge in [0.25, 0.3) is 5.91 Å². The zero-order valence-electron chi connectivity index (χ0n) is 25.4. The third-order valence-corrected chi connectivity index (χ3v) is 8.63. The van der Waals surface area contributed by atoms with E-state index in [9.17, 15) is 4.79 Å². The zero-order valence-corrected chi connectivity index (χ0v) is 25.4. The highest BCUT2D eigenvalue weighted by Gasteiger charge is 2.43. The van der Waals surface area contributed by atoms with Crippen LogP contribution in [0.25, 0.3) is 0 Å². The maximum absolute atomic E-state index is 13.5. The van der Waals surface area contributed by atoms with Gasteiger partial charge in [-0.25, -0.2) is 0 Å².